The van der Waals surface area contributed by atoms with E-state index in [-0.39, 0.29) is 11.2 Å². The van der Waals surface area contributed by atoms with Gasteiger partial charge in [0.05, 0.1) is 18.8 Å². The van der Waals surface area contributed by atoms with Gasteiger partial charge in [0.25, 0.3) is 0 Å². The zero-order valence-corrected chi connectivity index (χ0v) is 12.4. The highest BCUT2D eigenvalue weighted by Gasteiger charge is 2.24. The van der Waals surface area contributed by atoms with Gasteiger partial charge in [-0.3, -0.25) is 0 Å². The van der Waals surface area contributed by atoms with Crippen molar-refractivity contribution in [2.75, 3.05) is 18.1 Å². The molecule has 112 valence electrons. The molecule has 0 aliphatic carbocycles. The van der Waals surface area contributed by atoms with E-state index >= 15 is 0 Å². The summed E-state index contributed by atoms with van der Waals surface area (Å²) in [6, 6.07) is 4.52. The maximum Gasteiger partial charge on any atom is 0.232 e. The Hall–Kier alpha value is -2.11. The zero-order valence-electron chi connectivity index (χ0n) is 12.4. The molecule has 21 heavy (non-hydrogen) atoms. The fourth-order valence-electron chi connectivity index (χ4n) is 2.20. The molecule has 0 bridgehead atoms. The monoisotopic (exact) mass is 291 g/mol. The molecular formula is C15H18FN3O2. The Balaban J connectivity index is 1.83. The summed E-state index contributed by atoms with van der Waals surface area (Å²) in [7, 11) is 0. The smallest absolute Gasteiger partial charge is 0.232 e. The van der Waals surface area contributed by atoms with Gasteiger partial charge in [-0.2, -0.15) is 4.98 Å². The molecule has 1 aromatic heterocycles. The molecule has 0 saturated heterocycles. The third kappa shape index (κ3) is 2.84. The minimum absolute atomic E-state index is 0.180. The first-order chi connectivity index (χ1) is 9.93. The molecule has 6 heteroatoms. The second-order valence-corrected chi connectivity index (χ2v) is 6.15. The van der Waals surface area contributed by atoms with Gasteiger partial charge < -0.3 is 14.2 Å². The van der Waals surface area contributed by atoms with Gasteiger partial charge in [0.2, 0.25) is 5.89 Å². The molecule has 1 aliphatic rings. The number of aromatic nitrogens is 2. The van der Waals surface area contributed by atoms with Crippen LogP contribution in [0.3, 0.4) is 0 Å². The van der Waals surface area contributed by atoms with Crippen LogP contribution in [0, 0.1) is 5.82 Å². The largest absolute Gasteiger partial charge is 0.490 e. The molecule has 0 unspecified atom stereocenters. The van der Waals surface area contributed by atoms with E-state index in [1.54, 1.807) is 6.07 Å². The number of hydrogen-bond donors (Lipinski definition) is 0. The van der Waals surface area contributed by atoms with Crippen LogP contribution >= 0.6 is 0 Å². The van der Waals surface area contributed by atoms with E-state index in [1.165, 1.54) is 12.1 Å². The van der Waals surface area contributed by atoms with Crippen molar-refractivity contribution in [1.29, 1.82) is 0 Å². The number of benzene rings is 1. The molecule has 0 spiro atoms. The van der Waals surface area contributed by atoms with Crippen LogP contribution < -0.4 is 9.64 Å². The summed E-state index contributed by atoms with van der Waals surface area (Å²) in [6.45, 7) is 7.75. The number of nitrogens with zero attached hydrogens (tertiary/aromatic N) is 3. The van der Waals surface area contributed by atoms with Crippen molar-refractivity contribution in [3.8, 4) is 5.75 Å². The fourth-order valence-corrected chi connectivity index (χ4v) is 2.20. The van der Waals surface area contributed by atoms with Gasteiger partial charge in [-0.25, -0.2) is 4.39 Å². The Morgan fingerprint density at radius 2 is 2.14 bits per heavy atom. The van der Waals surface area contributed by atoms with Crippen LogP contribution in [0.25, 0.3) is 0 Å². The number of fused-ring (bicyclic) bond motifs is 1. The molecule has 2 heterocycles. The Labute approximate surface area is 122 Å². The summed E-state index contributed by atoms with van der Waals surface area (Å²) in [5, 5.41) is 4.01. The molecule has 5 nitrogen and oxygen atoms in total. The molecule has 2 aromatic rings. The quantitative estimate of drug-likeness (QED) is 0.851. The first kappa shape index (κ1) is 13.9. The highest BCUT2D eigenvalue weighted by molar-refractivity contribution is 5.59. The molecule has 1 aliphatic heterocycles. The standard InChI is InChI=1S/C15H18FN3O2/c1-15(2,3)14-17-13(18-21-14)9-19-6-7-20-12-5-4-10(16)8-11(12)19/h4-5,8H,6-7,9H2,1-3H3. The second-order valence-electron chi connectivity index (χ2n) is 6.15. The normalized spacial score (nSPS) is 14.8. The van der Waals surface area contributed by atoms with E-state index in [4.69, 9.17) is 9.26 Å². The molecule has 0 saturated carbocycles. The number of halogens is 1. The Morgan fingerprint density at radius 1 is 1.33 bits per heavy atom. The Bertz CT molecular complexity index is 649. The first-order valence-electron chi connectivity index (χ1n) is 6.94. The summed E-state index contributed by atoms with van der Waals surface area (Å²) >= 11 is 0. The lowest BCUT2D eigenvalue weighted by Crippen LogP contribution is -2.32. The lowest BCUT2D eigenvalue weighted by atomic mass is 9.97. The van der Waals surface area contributed by atoms with Crippen molar-refractivity contribution in [2.24, 2.45) is 0 Å². The molecule has 0 atom stereocenters. The molecule has 0 fully saturated rings. The second kappa shape index (κ2) is 5.02. The van der Waals surface area contributed by atoms with Crippen molar-refractivity contribution in [2.45, 2.75) is 32.7 Å². The minimum Gasteiger partial charge on any atom is -0.490 e. The maximum atomic E-state index is 13.4. The molecular weight excluding hydrogens is 273 g/mol. The van der Waals surface area contributed by atoms with E-state index in [1.807, 2.05) is 25.7 Å². The van der Waals surface area contributed by atoms with Crippen LogP contribution in [-0.2, 0) is 12.0 Å². The van der Waals surface area contributed by atoms with Gasteiger partial charge in [-0.1, -0.05) is 25.9 Å². The van der Waals surface area contributed by atoms with Crippen LogP contribution in [0.4, 0.5) is 10.1 Å². The first-order valence-corrected chi connectivity index (χ1v) is 6.94. The number of rotatable bonds is 2. The van der Waals surface area contributed by atoms with Crippen LogP contribution in [0.15, 0.2) is 22.7 Å². The van der Waals surface area contributed by atoms with Gasteiger partial charge in [-0.05, 0) is 12.1 Å². The number of hydrogen-bond acceptors (Lipinski definition) is 5. The van der Waals surface area contributed by atoms with E-state index in [9.17, 15) is 4.39 Å². The van der Waals surface area contributed by atoms with Crippen LogP contribution in [0.2, 0.25) is 0 Å². The van der Waals surface area contributed by atoms with Gasteiger partial charge in [0.1, 0.15) is 18.2 Å². The maximum absolute atomic E-state index is 13.4. The van der Waals surface area contributed by atoms with Gasteiger partial charge in [0, 0.05) is 11.5 Å². The average molecular weight is 291 g/mol. The van der Waals surface area contributed by atoms with E-state index < -0.39 is 0 Å². The van der Waals surface area contributed by atoms with Crippen molar-refractivity contribution >= 4 is 5.69 Å². The third-order valence-electron chi connectivity index (χ3n) is 3.32. The predicted molar refractivity (Wildman–Crippen MR) is 75.9 cm³/mol. The number of ether oxygens (including phenoxy) is 1. The van der Waals surface area contributed by atoms with E-state index in [0.717, 1.165) is 5.69 Å². The lowest BCUT2D eigenvalue weighted by molar-refractivity contribution is 0.303. The summed E-state index contributed by atoms with van der Waals surface area (Å²) in [5.41, 5.74) is 0.545. The number of anilines is 1. The summed E-state index contributed by atoms with van der Waals surface area (Å²) in [4.78, 5) is 6.42. The average Bonchev–Trinajstić information content (AvgIpc) is 2.88. The summed E-state index contributed by atoms with van der Waals surface area (Å²) < 4.78 is 24.3. The van der Waals surface area contributed by atoms with Crippen molar-refractivity contribution in [1.82, 2.24) is 10.1 Å². The molecule has 1 aromatic carbocycles. The molecule has 0 radical (unpaired) electrons. The summed E-state index contributed by atoms with van der Waals surface area (Å²) in [6.07, 6.45) is 0. The van der Waals surface area contributed by atoms with E-state index in [0.29, 0.717) is 37.2 Å². The lowest BCUT2D eigenvalue weighted by Gasteiger charge is -2.30. The van der Waals surface area contributed by atoms with Crippen LogP contribution in [0.5, 0.6) is 5.75 Å². The van der Waals surface area contributed by atoms with Crippen LogP contribution in [0.1, 0.15) is 32.5 Å². The van der Waals surface area contributed by atoms with Crippen LogP contribution in [-0.4, -0.2) is 23.3 Å². The Kier molecular flexibility index (Phi) is 3.31. The van der Waals surface area contributed by atoms with Gasteiger partial charge in [-0.15, -0.1) is 0 Å². The van der Waals surface area contributed by atoms with Gasteiger partial charge >= 0.3 is 0 Å². The summed E-state index contributed by atoms with van der Waals surface area (Å²) in [5.74, 6) is 1.59. The zero-order chi connectivity index (χ0) is 15.0. The minimum atomic E-state index is -0.284. The highest BCUT2D eigenvalue weighted by atomic mass is 19.1. The van der Waals surface area contributed by atoms with Crippen molar-refractivity contribution in [3.63, 3.8) is 0 Å². The predicted octanol–water partition coefficient (Wildman–Crippen LogP) is 2.91. The van der Waals surface area contributed by atoms with Crippen molar-refractivity contribution < 1.29 is 13.7 Å². The SMILES string of the molecule is CC(C)(C)c1nc(CN2CCOc3ccc(F)cc32)no1. The van der Waals surface area contributed by atoms with E-state index in [2.05, 4.69) is 10.1 Å². The fraction of sp³-hybridized carbons (Fsp3) is 0.467. The highest BCUT2D eigenvalue weighted by Crippen LogP contribution is 2.33. The van der Waals surface area contributed by atoms with Crippen molar-refractivity contribution in [3.05, 3.63) is 35.7 Å². The molecule has 0 amide bonds. The van der Waals surface area contributed by atoms with Gasteiger partial charge in [0.15, 0.2) is 5.82 Å². The third-order valence-corrected chi connectivity index (χ3v) is 3.32. The topological polar surface area (TPSA) is 51.4 Å². The Morgan fingerprint density at radius 3 is 2.86 bits per heavy atom. The molecule has 3 rings (SSSR count). The molecule has 0 N–H and O–H groups in total.